The van der Waals surface area contributed by atoms with Crippen molar-refractivity contribution < 1.29 is 4.79 Å². The van der Waals surface area contributed by atoms with Crippen LogP contribution in [0.2, 0.25) is 0 Å². The maximum absolute atomic E-state index is 12.4. The molecule has 23 heavy (non-hydrogen) atoms. The number of nitrogens with zero attached hydrogens (tertiary/aromatic N) is 2. The summed E-state index contributed by atoms with van der Waals surface area (Å²) in [5.41, 5.74) is 1.26. The molecule has 5 nitrogen and oxygen atoms in total. The Balaban J connectivity index is 2.57. The molecule has 1 heterocycles. The summed E-state index contributed by atoms with van der Waals surface area (Å²) < 4.78 is 1.38. The van der Waals surface area contributed by atoms with Gasteiger partial charge in [0.15, 0.2) is 0 Å². The second-order valence-corrected chi connectivity index (χ2v) is 6.51. The molecule has 0 fully saturated rings. The van der Waals surface area contributed by atoms with Crippen LogP contribution >= 0.6 is 11.8 Å². The summed E-state index contributed by atoms with van der Waals surface area (Å²) in [6, 6.07) is 9.46. The third-order valence-electron chi connectivity index (χ3n) is 3.37. The van der Waals surface area contributed by atoms with Crippen molar-refractivity contribution in [2.75, 3.05) is 13.3 Å². The van der Waals surface area contributed by atoms with Crippen LogP contribution in [0, 0.1) is 5.92 Å². The first-order chi connectivity index (χ1) is 11.0. The van der Waals surface area contributed by atoms with E-state index >= 15 is 0 Å². The average molecular weight is 331 g/mol. The summed E-state index contributed by atoms with van der Waals surface area (Å²) in [5.74, 6) is -0.135. The van der Waals surface area contributed by atoms with Gasteiger partial charge in [-0.1, -0.05) is 26.0 Å². The molecule has 0 aliphatic rings. The Kier molecular flexibility index (Phi) is 5.60. The minimum Gasteiger partial charge on any atom is -0.355 e. The van der Waals surface area contributed by atoms with Gasteiger partial charge >= 0.3 is 0 Å². The third kappa shape index (κ3) is 4.01. The average Bonchev–Trinajstić information content (AvgIpc) is 2.55. The van der Waals surface area contributed by atoms with Crippen LogP contribution in [0.3, 0.4) is 0 Å². The number of thioether (sulfide) groups is 1. The fraction of sp³-hybridized carbons (Fsp3) is 0.353. The smallest absolute Gasteiger partial charge is 0.279 e. The van der Waals surface area contributed by atoms with Crippen molar-refractivity contribution in [1.82, 2.24) is 15.1 Å². The van der Waals surface area contributed by atoms with Gasteiger partial charge in [-0.3, -0.25) is 9.59 Å². The summed E-state index contributed by atoms with van der Waals surface area (Å²) in [5, 5.41) is 6.95. The van der Waals surface area contributed by atoms with Crippen molar-refractivity contribution >= 4 is 17.7 Å². The number of benzene rings is 1. The lowest BCUT2D eigenvalue weighted by atomic mass is 10.1. The molecule has 2 rings (SSSR count). The summed E-state index contributed by atoms with van der Waals surface area (Å²) >= 11 is 1.66. The number of hydrogen-bond acceptors (Lipinski definition) is 4. The maximum Gasteiger partial charge on any atom is 0.279 e. The van der Waals surface area contributed by atoms with Gasteiger partial charge in [0.1, 0.15) is 5.56 Å². The quantitative estimate of drug-likeness (QED) is 0.856. The van der Waals surface area contributed by atoms with Crippen molar-refractivity contribution in [3.8, 4) is 11.3 Å². The van der Waals surface area contributed by atoms with E-state index in [4.69, 9.17) is 0 Å². The molecule has 0 saturated heterocycles. The molecule has 0 aliphatic carbocycles. The molecule has 0 bridgehead atoms. The number of nitrogens with one attached hydrogen (secondary N) is 1. The molecule has 1 aromatic carbocycles. The van der Waals surface area contributed by atoms with Crippen LogP contribution in [0.15, 0.2) is 40.0 Å². The zero-order valence-electron chi connectivity index (χ0n) is 13.8. The van der Waals surface area contributed by atoms with E-state index in [2.05, 4.69) is 10.4 Å². The fourth-order valence-corrected chi connectivity index (χ4v) is 2.62. The van der Waals surface area contributed by atoms with E-state index in [9.17, 15) is 9.59 Å². The molecule has 6 heteroatoms. The highest BCUT2D eigenvalue weighted by Crippen LogP contribution is 2.21. The van der Waals surface area contributed by atoms with Gasteiger partial charge in [0.25, 0.3) is 11.5 Å². The number of carbonyl (C=O) groups is 1. The Bertz CT molecular complexity index is 751. The van der Waals surface area contributed by atoms with Crippen LogP contribution in [0.5, 0.6) is 0 Å². The monoisotopic (exact) mass is 331 g/mol. The van der Waals surface area contributed by atoms with Crippen LogP contribution in [0.1, 0.15) is 24.2 Å². The lowest BCUT2D eigenvalue weighted by Gasteiger charge is -2.12. The first-order valence-electron chi connectivity index (χ1n) is 7.45. The highest BCUT2D eigenvalue weighted by atomic mass is 32.2. The van der Waals surface area contributed by atoms with E-state index in [-0.39, 0.29) is 17.0 Å². The highest BCUT2D eigenvalue weighted by Gasteiger charge is 2.16. The molecule has 1 aromatic heterocycles. The second-order valence-electron chi connectivity index (χ2n) is 5.63. The highest BCUT2D eigenvalue weighted by molar-refractivity contribution is 7.98. The number of amides is 1. The largest absolute Gasteiger partial charge is 0.355 e. The van der Waals surface area contributed by atoms with Gasteiger partial charge in [0.2, 0.25) is 0 Å². The Hall–Kier alpha value is -2.08. The van der Waals surface area contributed by atoms with Crippen molar-refractivity contribution in [3.05, 3.63) is 46.2 Å². The van der Waals surface area contributed by atoms with Crippen LogP contribution in [-0.4, -0.2) is 29.0 Å². The number of rotatable bonds is 5. The maximum atomic E-state index is 12.4. The number of hydrogen-bond donors (Lipinski definition) is 1. The number of aromatic nitrogens is 2. The van der Waals surface area contributed by atoms with Gasteiger partial charge in [-0.15, -0.1) is 11.8 Å². The minimum atomic E-state index is -0.392. The van der Waals surface area contributed by atoms with E-state index in [1.165, 1.54) is 11.7 Å². The fourth-order valence-electron chi connectivity index (χ4n) is 2.21. The molecule has 1 N–H and O–H groups in total. The summed E-state index contributed by atoms with van der Waals surface area (Å²) in [7, 11) is 1.52. The predicted molar refractivity (Wildman–Crippen MR) is 93.9 cm³/mol. The van der Waals surface area contributed by atoms with Crippen LogP contribution in [-0.2, 0) is 6.54 Å². The Labute approximate surface area is 140 Å². The van der Waals surface area contributed by atoms with Gasteiger partial charge < -0.3 is 5.32 Å². The number of carbonyl (C=O) groups excluding carboxylic acids is 1. The molecular formula is C17H21N3O2S. The molecule has 0 atom stereocenters. The van der Waals surface area contributed by atoms with Gasteiger partial charge in [0.05, 0.1) is 5.69 Å². The van der Waals surface area contributed by atoms with E-state index in [0.717, 1.165) is 10.5 Å². The van der Waals surface area contributed by atoms with Crippen molar-refractivity contribution in [2.45, 2.75) is 25.3 Å². The SMILES string of the molecule is CNC(=O)c1cc(-c2ccc(SC)cc2)nn(CC(C)C)c1=O. The first-order valence-corrected chi connectivity index (χ1v) is 8.67. The van der Waals surface area contributed by atoms with Crippen LogP contribution < -0.4 is 10.9 Å². The van der Waals surface area contributed by atoms with Crippen LogP contribution in [0.25, 0.3) is 11.3 Å². The Morgan fingerprint density at radius 3 is 2.48 bits per heavy atom. The molecule has 122 valence electrons. The van der Waals surface area contributed by atoms with Gasteiger partial charge in [0, 0.05) is 24.1 Å². The molecular weight excluding hydrogens is 310 g/mol. The minimum absolute atomic E-state index is 0.118. The zero-order valence-corrected chi connectivity index (χ0v) is 14.6. The third-order valence-corrected chi connectivity index (χ3v) is 4.11. The van der Waals surface area contributed by atoms with Gasteiger partial charge in [-0.25, -0.2) is 4.68 Å². The van der Waals surface area contributed by atoms with Gasteiger partial charge in [-0.2, -0.15) is 5.10 Å². The van der Waals surface area contributed by atoms with E-state index in [1.54, 1.807) is 17.8 Å². The van der Waals surface area contributed by atoms with E-state index < -0.39 is 5.91 Å². The van der Waals surface area contributed by atoms with Crippen molar-refractivity contribution in [3.63, 3.8) is 0 Å². The van der Waals surface area contributed by atoms with Crippen LogP contribution in [0.4, 0.5) is 0 Å². The molecule has 0 saturated carbocycles. The molecule has 2 aromatic rings. The first kappa shape index (κ1) is 17.3. The molecule has 0 aliphatic heterocycles. The Morgan fingerprint density at radius 1 is 1.30 bits per heavy atom. The standard InChI is InChI=1S/C17H21N3O2S/c1-11(2)10-20-17(22)14(16(21)18-3)9-15(19-20)12-5-7-13(23-4)8-6-12/h5-9,11H,10H2,1-4H3,(H,18,21). The lowest BCUT2D eigenvalue weighted by molar-refractivity contribution is 0.0960. The Morgan fingerprint density at radius 2 is 1.96 bits per heavy atom. The normalized spacial score (nSPS) is 10.8. The molecule has 0 radical (unpaired) electrons. The molecule has 0 unspecified atom stereocenters. The lowest BCUT2D eigenvalue weighted by Crippen LogP contribution is -2.34. The molecule has 0 spiro atoms. The van der Waals surface area contributed by atoms with E-state index in [0.29, 0.717) is 12.2 Å². The van der Waals surface area contributed by atoms with Gasteiger partial charge in [-0.05, 0) is 30.4 Å². The van der Waals surface area contributed by atoms with Crippen molar-refractivity contribution in [1.29, 1.82) is 0 Å². The van der Waals surface area contributed by atoms with Crippen molar-refractivity contribution in [2.24, 2.45) is 5.92 Å². The topological polar surface area (TPSA) is 64.0 Å². The zero-order chi connectivity index (χ0) is 17.0. The second kappa shape index (κ2) is 7.46. The van der Waals surface area contributed by atoms with E-state index in [1.807, 2.05) is 44.4 Å². The summed E-state index contributed by atoms with van der Waals surface area (Å²) in [6.07, 6.45) is 2.01. The summed E-state index contributed by atoms with van der Waals surface area (Å²) in [6.45, 7) is 4.49. The summed E-state index contributed by atoms with van der Waals surface area (Å²) in [4.78, 5) is 25.6. The molecule has 1 amide bonds. The predicted octanol–water partition coefficient (Wildman–Crippen LogP) is 2.65.